The van der Waals surface area contributed by atoms with E-state index in [9.17, 15) is 18.3 Å². The Hall–Kier alpha value is -0.620. The fourth-order valence-electron chi connectivity index (χ4n) is 1.10. The van der Waals surface area contributed by atoms with Crippen molar-refractivity contribution in [2.24, 2.45) is 5.41 Å². The zero-order valence-corrected chi connectivity index (χ0v) is 11.7. The van der Waals surface area contributed by atoms with Crippen LogP contribution in [0.25, 0.3) is 0 Å². The van der Waals surface area contributed by atoms with Crippen molar-refractivity contribution in [1.82, 2.24) is 0 Å². The lowest BCUT2D eigenvalue weighted by molar-refractivity contribution is -0.143. The molecular weight excluding hydrogens is 244 g/mol. The van der Waals surface area contributed by atoms with Crippen LogP contribution in [-0.2, 0) is 19.4 Å². The second-order valence-corrected chi connectivity index (χ2v) is 7.61. The maximum Gasteiger partial charge on any atom is 0.302 e. The molecule has 0 fully saturated rings. The van der Waals surface area contributed by atoms with E-state index in [4.69, 9.17) is 0 Å². The third-order valence-electron chi connectivity index (χ3n) is 2.09. The number of hydrogen-bond acceptors (Lipinski definition) is 5. The molecular formula is C11H22O5S. The molecule has 1 unspecified atom stereocenters. The van der Waals surface area contributed by atoms with Gasteiger partial charge in [0, 0.05) is 6.92 Å². The quantitative estimate of drug-likeness (QED) is 0.718. The predicted molar refractivity (Wildman–Crippen MR) is 65.4 cm³/mol. The van der Waals surface area contributed by atoms with Gasteiger partial charge in [-0.05, 0) is 11.8 Å². The van der Waals surface area contributed by atoms with Gasteiger partial charge in [0.2, 0.25) is 0 Å². The first-order valence-electron chi connectivity index (χ1n) is 5.54. The van der Waals surface area contributed by atoms with E-state index in [1.807, 2.05) is 20.8 Å². The number of hydrogen-bond donors (Lipinski definition) is 1. The van der Waals surface area contributed by atoms with E-state index in [0.29, 0.717) is 6.42 Å². The largest absolute Gasteiger partial charge is 0.463 e. The Labute approximate surface area is 103 Å². The summed E-state index contributed by atoms with van der Waals surface area (Å²) in [6.45, 7) is 6.80. The highest BCUT2D eigenvalue weighted by Crippen LogP contribution is 2.19. The van der Waals surface area contributed by atoms with E-state index < -0.39 is 21.9 Å². The van der Waals surface area contributed by atoms with E-state index in [1.165, 1.54) is 6.92 Å². The van der Waals surface area contributed by atoms with Gasteiger partial charge in [-0.15, -0.1) is 0 Å². The Bertz CT molecular complexity index is 339. The third kappa shape index (κ3) is 10.3. The topological polar surface area (TPSA) is 80.7 Å². The number of ether oxygens (including phenoxy) is 1. The van der Waals surface area contributed by atoms with E-state index in [-0.39, 0.29) is 23.5 Å². The summed E-state index contributed by atoms with van der Waals surface area (Å²) in [5.74, 6) is -0.861. The normalized spacial score (nSPS) is 14.4. The molecule has 0 bridgehead atoms. The summed E-state index contributed by atoms with van der Waals surface area (Å²) in [5, 5.41) is 9.41. The minimum atomic E-state index is -3.30. The van der Waals surface area contributed by atoms with Crippen LogP contribution in [0.1, 0.15) is 34.1 Å². The molecule has 5 nitrogen and oxygen atoms in total. The van der Waals surface area contributed by atoms with Crippen LogP contribution < -0.4 is 0 Å². The van der Waals surface area contributed by atoms with Crippen LogP contribution in [0.15, 0.2) is 0 Å². The summed E-state index contributed by atoms with van der Waals surface area (Å²) in [5.41, 5.74) is -0.0616. The number of carbonyl (C=O) groups excluding carboxylic acids is 1. The number of esters is 1. The van der Waals surface area contributed by atoms with E-state index in [2.05, 4.69) is 4.74 Å². The second-order valence-electron chi connectivity index (χ2n) is 5.38. The molecule has 0 aliphatic heterocycles. The van der Waals surface area contributed by atoms with Crippen LogP contribution in [-0.4, -0.2) is 43.7 Å². The van der Waals surface area contributed by atoms with Crippen LogP contribution in [0.5, 0.6) is 0 Å². The van der Waals surface area contributed by atoms with Crippen LogP contribution in [0.2, 0.25) is 0 Å². The van der Waals surface area contributed by atoms with Gasteiger partial charge in [-0.1, -0.05) is 20.8 Å². The zero-order valence-electron chi connectivity index (χ0n) is 10.9. The average molecular weight is 266 g/mol. The minimum Gasteiger partial charge on any atom is -0.463 e. The Morgan fingerprint density at radius 1 is 1.35 bits per heavy atom. The van der Waals surface area contributed by atoms with Gasteiger partial charge >= 0.3 is 5.97 Å². The van der Waals surface area contributed by atoms with Crippen molar-refractivity contribution in [3.05, 3.63) is 0 Å². The number of carbonyl (C=O) groups is 1. The molecule has 1 N–H and O–H groups in total. The molecule has 0 aromatic rings. The highest BCUT2D eigenvalue weighted by Gasteiger charge is 2.21. The first-order chi connectivity index (χ1) is 7.52. The Morgan fingerprint density at radius 2 is 1.88 bits per heavy atom. The first kappa shape index (κ1) is 16.4. The molecule has 0 rings (SSSR count). The van der Waals surface area contributed by atoms with Crippen LogP contribution in [0.3, 0.4) is 0 Å². The van der Waals surface area contributed by atoms with Crippen molar-refractivity contribution in [2.45, 2.75) is 40.2 Å². The van der Waals surface area contributed by atoms with Gasteiger partial charge in [0.15, 0.2) is 9.84 Å². The van der Waals surface area contributed by atoms with Gasteiger partial charge in [0.05, 0.1) is 11.5 Å². The molecule has 0 saturated heterocycles. The van der Waals surface area contributed by atoms with Gasteiger partial charge in [-0.3, -0.25) is 4.79 Å². The van der Waals surface area contributed by atoms with Crippen LogP contribution >= 0.6 is 0 Å². The molecule has 1 atom stereocenters. The van der Waals surface area contributed by atoms with Gasteiger partial charge in [0.1, 0.15) is 12.7 Å². The summed E-state index contributed by atoms with van der Waals surface area (Å²) >= 11 is 0. The van der Waals surface area contributed by atoms with Crippen molar-refractivity contribution in [3.63, 3.8) is 0 Å². The second kappa shape index (κ2) is 6.35. The molecule has 0 saturated carbocycles. The van der Waals surface area contributed by atoms with Crippen molar-refractivity contribution in [2.75, 3.05) is 18.1 Å². The fourth-order valence-corrected chi connectivity index (χ4v) is 2.87. The standard InChI is InChI=1S/C11H22O5S/c1-9(12)16-7-10(13)8-17(14,15)6-5-11(2,3)4/h10,13H,5-8H2,1-4H3. The van der Waals surface area contributed by atoms with Gasteiger partial charge in [0.25, 0.3) is 0 Å². The molecule has 0 aromatic carbocycles. The smallest absolute Gasteiger partial charge is 0.302 e. The van der Waals surface area contributed by atoms with Crippen molar-refractivity contribution >= 4 is 15.8 Å². The lowest BCUT2D eigenvalue weighted by atomic mass is 9.94. The lowest BCUT2D eigenvalue weighted by Crippen LogP contribution is -2.29. The number of aliphatic hydroxyl groups is 1. The van der Waals surface area contributed by atoms with Crippen molar-refractivity contribution in [3.8, 4) is 0 Å². The Kier molecular flexibility index (Phi) is 6.12. The summed E-state index contributed by atoms with van der Waals surface area (Å²) in [7, 11) is -3.30. The molecule has 17 heavy (non-hydrogen) atoms. The maximum atomic E-state index is 11.6. The maximum absolute atomic E-state index is 11.6. The predicted octanol–water partition coefficient (Wildman–Crippen LogP) is 0.761. The van der Waals surface area contributed by atoms with E-state index in [0.717, 1.165) is 0 Å². The molecule has 0 aromatic heterocycles. The Balaban J connectivity index is 4.12. The number of sulfone groups is 1. The molecule has 0 aliphatic carbocycles. The molecule has 0 radical (unpaired) electrons. The molecule has 6 heteroatoms. The highest BCUT2D eigenvalue weighted by atomic mass is 32.2. The molecule has 102 valence electrons. The van der Waals surface area contributed by atoms with Gasteiger partial charge in [-0.2, -0.15) is 0 Å². The monoisotopic (exact) mass is 266 g/mol. The number of rotatable bonds is 6. The highest BCUT2D eigenvalue weighted by molar-refractivity contribution is 7.91. The van der Waals surface area contributed by atoms with Crippen LogP contribution in [0.4, 0.5) is 0 Å². The minimum absolute atomic E-state index is 0.0353. The van der Waals surface area contributed by atoms with Crippen molar-refractivity contribution < 1.29 is 23.1 Å². The SMILES string of the molecule is CC(=O)OCC(O)CS(=O)(=O)CCC(C)(C)C. The third-order valence-corrected chi connectivity index (χ3v) is 3.81. The molecule has 0 spiro atoms. The zero-order chi connectivity index (χ0) is 13.7. The number of aliphatic hydroxyl groups excluding tert-OH is 1. The van der Waals surface area contributed by atoms with Crippen LogP contribution in [0, 0.1) is 5.41 Å². The molecule has 0 aliphatic rings. The van der Waals surface area contributed by atoms with Gasteiger partial charge in [-0.25, -0.2) is 8.42 Å². The van der Waals surface area contributed by atoms with E-state index in [1.54, 1.807) is 0 Å². The average Bonchev–Trinajstić information content (AvgIpc) is 2.10. The summed E-state index contributed by atoms with van der Waals surface area (Å²) in [6.07, 6.45) is -0.612. The van der Waals surface area contributed by atoms with E-state index >= 15 is 0 Å². The molecule has 0 amide bonds. The molecule has 0 heterocycles. The first-order valence-corrected chi connectivity index (χ1v) is 7.36. The van der Waals surface area contributed by atoms with Crippen molar-refractivity contribution in [1.29, 1.82) is 0 Å². The lowest BCUT2D eigenvalue weighted by Gasteiger charge is -2.18. The fraction of sp³-hybridized carbons (Fsp3) is 0.909. The summed E-state index contributed by atoms with van der Waals surface area (Å²) in [4.78, 5) is 10.5. The summed E-state index contributed by atoms with van der Waals surface area (Å²) < 4.78 is 27.8. The summed E-state index contributed by atoms with van der Waals surface area (Å²) in [6, 6.07) is 0. The Morgan fingerprint density at radius 3 is 2.29 bits per heavy atom. The van der Waals surface area contributed by atoms with Gasteiger partial charge < -0.3 is 9.84 Å².